The molecule has 3 aliphatic rings. The number of anilines is 1. The Morgan fingerprint density at radius 1 is 1.03 bits per heavy atom. The van der Waals surface area contributed by atoms with Crippen LogP contribution in [0.5, 0.6) is 0 Å². The Hall–Kier alpha value is -3.14. The third-order valence-corrected chi connectivity index (χ3v) is 7.68. The monoisotopic (exact) mass is 409 g/mol. The van der Waals surface area contributed by atoms with Gasteiger partial charge in [-0.05, 0) is 83.9 Å². The van der Waals surface area contributed by atoms with Crippen LogP contribution in [0.15, 0.2) is 73.1 Å². The molecule has 156 valence electrons. The highest BCUT2D eigenvalue weighted by molar-refractivity contribution is 5.95. The summed E-state index contributed by atoms with van der Waals surface area (Å²) in [4.78, 5) is 17.0. The summed E-state index contributed by atoms with van der Waals surface area (Å²) in [5.74, 6) is 2.67. The van der Waals surface area contributed by atoms with E-state index >= 15 is 0 Å². The number of nitrogens with one attached hydrogen (secondary N) is 2. The van der Waals surface area contributed by atoms with E-state index in [4.69, 9.17) is 0 Å². The van der Waals surface area contributed by atoms with Crippen LogP contribution in [0.4, 0.5) is 5.69 Å². The number of amides is 1. The molecule has 4 heteroatoms. The Morgan fingerprint density at radius 3 is 2.74 bits per heavy atom. The first-order valence-corrected chi connectivity index (χ1v) is 11.4. The van der Waals surface area contributed by atoms with Gasteiger partial charge in [0.2, 0.25) is 0 Å². The molecule has 2 aromatic carbocycles. The Balaban J connectivity index is 1.30. The number of carbonyl (C=O) groups is 1. The van der Waals surface area contributed by atoms with Crippen molar-refractivity contribution in [1.29, 1.82) is 0 Å². The van der Waals surface area contributed by atoms with E-state index in [2.05, 4.69) is 58.1 Å². The first kappa shape index (κ1) is 18.6. The predicted octanol–water partition coefficient (Wildman–Crippen LogP) is 5.31. The van der Waals surface area contributed by atoms with Gasteiger partial charge in [-0.25, -0.2) is 0 Å². The summed E-state index contributed by atoms with van der Waals surface area (Å²) in [6, 6.07) is 21.4. The summed E-state index contributed by atoms with van der Waals surface area (Å²) >= 11 is 0. The molecule has 2 heterocycles. The number of benzene rings is 2. The van der Waals surface area contributed by atoms with Gasteiger partial charge in [-0.2, -0.15) is 0 Å². The van der Waals surface area contributed by atoms with Gasteiger partial charge in [-0.1, -0.05) is 36.4 Å². The SMILES string of the molecule is O=C(NCc1cccnc1)c1ccc2c(c1)[C@@H]1[C@H]3CC[C@@H](C3)[C@@H]1[C@H](c1ccccc1)N2. The summed E-state index contributed by atoms with van der Waals surface area (Å²) in [5, 5.41) is 6.90. The number of nitrogens with zero attached hydrogens (tertiary/aromatic N) is 1. The van der Waals surface area contributed by atoms with Crippen LogP contribution in [0.3, 0.4) is 0 Å². The minimum absolute atomic E-state index is 0.0171. The van der Waals surface area contributed by atoms with Crippen molar-refractivity contribution in [2.24, 2.45) is 17.8 Å². The maximum absolute atomic E-state index is 12.9. The molecule has 2 aliphatic carbocycles. The van der Waals surface area contributed by atoms with E-state index in [1.807, 2.05) is 18.2 Å². The van der Waals surface area contributed by atoms with Gasteiger partial charge in [-0.3, -0.25) is 9.78 Å². The lowest BCUT2D eigenvalue weighted by Crippen LogP contribution is -2.35. The second-order valence-corrected chi connectivity index (χ2v) is 9.32. The number of hydrogen-bond donors (Lipinski definition) is 2. The number of aromatic nitrogens is 1. The van der Waals surface area contributed by atoms with Crippen LogP contribution < -0.4 is 10.6 Å². The van der Waals surface area contributed by atoms with Gasteiger partial charge in [0, 0.05) is 30.2 Å². The number of pyridine rings is 1. The highest BCUT2D eigenvalue weighted by Crippen LogP contribution is 2.63. The maximum atomic E-state index is 12.9. The lowest BCUT2D eigenvalue weighted by atomic mass is 9.68. The van der Waals surface area contributed by atoms with Gasteiger partial charge in [0.1, 0.15) is 0 Å². The van der Waals surface area contributed by atoms with Crippen LogP contribution in [-0.2, 0) is 6.54 Å². The van der Waals surface area contributed by atoms with Gasteiger partial charge < -0.3 is 10.6 Å². The minimum Gasteiger partial charge on any atom is -0.378 e. The molecule has 4 nitrogen and oxygen atoms in total. The van der Waals surface area contributed by atoms with Gasteiger partial charge in [0.05, 0.1) is 6.04 Å². The molecule has 31 heavy (non-hydrogen) atoms. The molecule has 2 N–H and O–H groups in total. The molecule has 5 atom stereocenters. The fourth-order valence-corrected chi connectivity index (χ4v) is 6.40. The topological polar surface area (TPSA) is 54.0 Å². The highest BCUT2D eigenvalue weighted by Gasteiger charge is 2.53. The third kappa shape index (κ3) is 3.21. The number of hydrogen-bond acceptors (Lipinski definition) is 3. The summed E-state index contributed by atoms with van der Waals surface area (Å²) in [5.41, 5.74) is 5.69. The molecule has 2 bridgehead atoms. The van der Waals surface area contributed by atoms with Crippen molar-refractivity contribution < 1.29 is 4.79 Å². The third-order valence-electron chi connectivity index (χ3n) is 7.68. The Bertz CT molecular complexity index is 1100. The first-order chi connectivity index (χ1) is 15.3. The minimum atomic E-state index is -0.0171. The first-order valence-electron chi connectivity index (χ1n) is 11.4. The molecule has 6 rings (SSSR count). The molecule has 1 aliphatic heterocycles. The molecule has 0 unspecified atom stereocenters. The van der Waals surface area contributed by atoms with Crippen LogP contribution in [-0.4, -0.2) is 10.9 Å². The van der Waals surface area contributed by atoms with Gasteiger partial charge in [0.15, 0.2) is 0 Å². The number of rotatable bonds is 4. The van der Waals surface area contributed by atoms with E-state index in [0.29, 0.717) is 24.4 Å². The highest BCUT2D eigenvalue weighted by atomic mass is 16.1. The predicted molar refractivity (Wildman–Crippen MR) is 122 cm³/mol. The Kier molecular flexibility index (Phi) is 4.52. The van der Waals surface area contributed by atoms with Crippen LogP contribution in [0.25, 0.3) is 0 Å². The van der Waals surface area contributed by atoms with Crippen molar-refractivity contribution in [3.05, 3.63) is 95.3 Å². The van der Waals surface area contributed by atoms with Crippen molar-refractivity contribution in [1.82, 2.24) is 10.3 Å². The fraction of sp³-hybridized carbons (Fsp3) is 0.333. The van der Waals surface area contributed by atoms with Crippen LogP contribution in [0, 0.1) is 17.8 Å². The van der Waals surface area contributed by atoms with E-state index < -0.39 is 0 Å². The van der Waals surface area contributed by atoms with Gasteiger partial charge >= 0.3 is 0 Å². The van der Waals surface area contributed by atoms with Crippen molar-refractivity contribution >= 4 is 11.6 Å². The van der Waals surface area contributed by atoms with Crippen LogP contribution in [0.2, 0.25) is 0 Å². The van der Waals surface area contributed by atoms with E-state index in [9.17, 15) is 4.79 Å². The van der Waals surface area contributed by atoms with Gasteiger partial charge in [0.25, 0.3) is 5.91 Å². The largest absolute Gasteiger partial charge is 0.378 e. The second kappa shape index (κ2) is 7.52. The summed E-state index contributed by atoms with van der Waals surface area (Å²) in [6.07, 6.45) is 7.54. The molecule has 0 saturated heterocycles. The average Bonchev–Trinajstić information content (AvgIpc) is 3.46. The van der Waals surface area contributed by atoms with E-state index in [1.165, 1.54) is 36.1 Å². The van der Waals surface area contributed by atoms with Crippen molar-refractivity contribution in [3.8, 4) is 0 Å². The molecule has 2 saturated carbocycles. The molecule has 3 aromatic rings. The second-order valence-electron chi connectivity index (χ2n) is 9.32. The fourth-order valence-electron chi connectivity index (χ4n) is 6.40. The van der Waals surface area contributed by atoms with E-state index in [1.54, 1.807) is 12.4 Å². The molecule has 2 fully saturated rings. The van der Waals surface area contributed by atoms with Crippen LogP contribution in [0.1, 0.15) is 58.3 Å². The Morgan fingerprint density at radius 2 is 1.90 bits per heavy atom. The summed E-state index contributed by atoms with van der Waals surface area (Å²) in [7, 11) is 0. The van der Waals surface area contributed by atoms with E-state index in [-0.39, 0.29) is 5.91 Å². The van der Waals surface area contributed by atoms with Crippen LogP contribution >= 0.6 is 0 Å². The smallest absolute Gasteiger partial charge is 0.251 e. The van der Waals surface area contributed by atoms with E-state index in [0.717, 1.165) is 23.0 Å². The number of carbonyl (C=O) groups excluding carboxylic acids is 1. The zero-order chi connectivity index (χ0) is 20.8. The van der Waals surface area contributed by atoms with Crippen molar-refractivity contribution in [2.45, 2.75) is 37.8 Å². The Labute approximate surface area is 183 Å². The zero-order valence-corrected chi connectivity index (χ0v) is 17.5. The number of fused-ring (bicyclic) bond motifs is 7. The molecular weight excluding hydrogens is 382 g/mol. The van der Waals surface area contributed by atoms with Crippen molar-refractivity contribution in [2.75, 3.05) is 5.32 Å². The lowest BCUT2D eigenvalue weighted by molar-refractivity contribution is 0.0950. The van der Waals surface area contributed by atoms with Crippen molar-refractivity contribution in [3.63, 3.8) is 0 Å². The molecule has 1 amide bonds. The quantitative estimate of drug-likeness (QED) is 0.614. The molecular formula is C27H27N3O. The standard InChI is InChI=1S/C27H27N3O/c31-27(29-16-17-5-4-12-28-15-17)21-10-11-23-22(14-21)24-19-8-9-20(13-19)25(24)26(30-23)18-6-2-1-3-7-18/h1-7,10-12,14-15,19-20,24-26,30H,8-9,13,16H2,(H,29,31)/t19-,20-,24-,25-,26-/m0/s1. The molecule has 0 radical (unpaired) electrons. The molecule has 1 aromatic heterocycles. The zero-order valence-electron chi connectivity index (χ0n) is 17.5. The molecule has 0 spiro atoms. The normalized spacial score (nSPS) is 27.8. The summed E-state index contributed by atoms with van der Waals surface area (Å²) < 4.78 is 0. The lowest BCUT2D eigenvalue weighted by Gasteiger charge is -2.43. The maximum Gasteiger partial charge on any atom is 0.251 e. The van der Waals surface area contributed by atoms with Gasteiger partial charge in [-0.15, -0.1) is 0 Å². The summed E-state index contributed by atoms with van der Waals surface area (Å²) in [6.45, 7) is 0.495. The average molecular weight is 410 g/mol.